The van der Waals surface area contributed by atoms with E-state index in [1.54, 1.807) is 13.0 Å². The van der Waals surface area contributed by atoms with Gasteiger partial charge in [0.05, 0.1) is 0 Å². The van der Waals surface area contributed by atoms with Gasteiger partial charge in [0.1, 0.15) is 5.71 Å². The van der Waals surface area contributed by atoms with E-state index in [0.717, 1.165) is 0 Å². The van der Waals surface area contributed by atoms with Crippen molar-refractivity contribution in [1.29, 1.82) is 0 Å². The van der Waals surface area contributed by atoms with Gasteiger partial charge in [0.15, 0.2) is 0 Å². The van der Waals surface area contributed by atoms with Gasteiger partial charge in [0.2, 0.25) is 0 Å². The zero-order valence-electron chi connectivity index (χ0n) is 6.37. The Kier molecular flexibility index (Phi) is 3.80. The summed E-state index contributed by atoms with van der Waals surface area (Å²) in [6.45, 7) is 1.68. The second-order valence-corrected chi connectivity index (χ2v) is 1.74. The topological polar surface area (TPSA) is 66.7 Å². The van der Waals surface area contributed by atoms with Crippen LogP contribution < -0.4 is 0 Å². The molecule has 11 heavy (non-hydrogen) atoms. The summed E-state index contributed by atoms with van der Waals surface area (Å²) in [4.78, 5) is 24.3. The molecule has 0 radical (unpaired) electrons. The molecule has 0 atom stereocenters. The largest absolute Gasteiger partial charge is 0.475 e. The maximum absolute atomic E-state index is 10.7. The summed E-state index contributed by atoms with van der Waals surface area (Å²) in [6, 6.07) is 0. The van der Waals surface area contributed by atoms with Crippen LogP contribution in [0.25, 0.3) is 0 Å². The third-order valence-corrected chi connectivity index (χ3v) is 0.992. The van der Waals surface area contributed by atoms with Crippen LogP contribution in [0.5, 0.6) is 0 Å². The zero-order chi connectivity index (χ0) is 8.85. The van der Waals surface area contributed by atoms with Gasteiger partial charge in [-0.25, -0.2) is 4.79 Å². The summed E-state index contributed by atoms with van der Waals surface area (Å²) < 4.78 is 0. The van der Waals surface area contributed by atoms with E-state index in [1.165, 1.54) is 13.1 Å². The van der Waals surface area contributed by atoms with Crippen LogP contribution in [-0.2, 0) is 9.59 Å². The average molecular weight is 155 g/mol. The van der Waals surface area contributed by atoms with Gasteiger partial charge in [0.25, 0.3) is 5.78 Å². The molecule has 1 N–H and O–H groups in total. The minimum Gasteiger partial charge on any atom is -0.475 e. The van der Waals surface area contributed by atoms with E-state index in [4.69, 9.17) is 5.11 Å². The Balaban J connectivity index is 4.55. The molecule has 0 aliphatic rings. The Morgan fingerprint density at radius 2 is 2.00 bits per heavy atom. The molecule has 4 nitrogen and oxygen atoms in total. The highest BCUT2D eigenvalue weighted by atomic mass is 16.4. The van der Waals surface area contributed by atoms with Crippen molar-refractivity contribution >= 4 is 17.5 Å². The Hall–Kier alpha value is -1.45. The molecule has 4 heteroatoms. The quantitative estimate of drug-likeness (QED) is 0.470. The molecule has 0 spiro atoms. The Morgan fingerprint density at radius 3 is 2.27 bits per heavy atom. The van der Waals surface area contributed by atoms with Crippen molar-refractivity contribution < 1.29 is 14.7 Å². The molecule has 0 aliphatic heterocycles. The molecule has 0 aromatic carbocycles. The van der Waals surface area contributed by atoms with E-state index >= 15 is 0 Å². The molecule has 60 valence electrons. The smallest absolute Gasteiger partial charge is 0.378 e. The lowest BCUT2D eigenvalue weighted by Crippen LogP contribution is -2.21. The number of carboxylic acid groups (broad SMARTS) is 1. The molecule has 0 saturated heterocycles. The zero-order valence-corrected chi connectivity index (χ0v) is 6.37. The lowest BCUT2D eigenvalue weighted by atomic mass is 10.2. The van der Waals surface area contributed by atoms with Crippen molar-refractivity contribution in [2.24, 2.45) is 4.99 Å². The normalized spacial score (nSPS) is 12.0. The first-order chi connectivity index (χ1) is 5.13. The number of hydrogen-bond donors (Lipinski definition) is 1. The fraction of sp³-hybridized carbons (Fsp3) is 0.286. The molecule has 0 aromatic heterocycles. The Labute approximate surface area is 64.3 Å². The summed E-state index contributed by atoms with van der Waals surface area (Å²) >= 11 is 0. The van der Waals surface area contributed by atoms with Gasteiger partial charge >= 0.3 is 5.97 Å². The summed E-state index contributed by atoms with van der Waals surface area (Å²) in [5.41, 5.74) is -0.0417. The molecule has 0 heterocycles. The van der Waals surface area contributed by atoms with Gasteiger partial charge in [-0.15, -0.1) is 0 Å². The maximum atomic E-state index is 10.7. The van der Waals surface area contributed by atoms with E-state index in [-0.39, 0.29) is 5.71 Å². The summed E-state index contributed by atoms with van der Waals surface area (Å²) in [6.07, 6.45) is 2.92. The summed E-state index contributed by atoms with van der Waals surface area (Å²) in [7, 11) is 1.37. The predicted molar refractivity (Wildman–Crippen MR) is 40.8 cm³/mol. The number of Topliss-reactive ketones (excluding diaryl/α,β-unsaturated/α-hetero) is 1. The van der Waals surface area contributed by atoms with Gasteiger partial charge in [-0.3, -0.25) is 9.79 Å². The van der Waals surface area contributed by atoms with E-state index in [0.29, 0.717) is 0 Å². The number of aliphatic carboxylic acids is 1. The molecule has 0 aliphatic carbocycles. The highest BCUT2D eigenvalue weighted by Crippen LogP contribution is 1.84. The van der Waals surface area contributed by atoms with E-state index in [1.807, 2.05) is 0 Å². The third kappa shape index (κ3) is 2.75. The van der Waals surface area contributed by atoms with Crippen LogP contribution in [0.1, 0.15) is 6.92 Å². The third-order valence-electron chi connectivity index (χ3n) is 0.992. The monoisotopic (exact) mass is 155 g/mol. The van der Waals surface area contributed by atoms with Crippen LogP contribution in [0.3, 0.4) is 0 Å². The molecular weight excluding hydrogens is 146 g/mol. The standard InChI is InChI=1S/C7H9NO3/c1-3-4-5(8-2)6(9)7(10)11/h3-4H,1-2H3,(H,10,11). The van der Waals surface area contributed by atoms with Crippen molar-refractivity contribution in [3.8, 4) is 0 Å². The van der Waals surface area contributed by atoms with Crippen LogP contribution in [0.15, 0.2) is 17.1 Å². The number of nitrogens with zero attached hydrogens (tertiary/aromatic N) is 1. The predicted octanol–water partition coefficient (Wildman–Crippen LogP) is 0.287. The molecule has 0 rings (SSSR count). The van der Waals surface area contributed by atoms with E-state index < -0.39 is 11.8 Å². The van der Waals surface area contributed by atoms with Gasteiger partial charge in [-0.2, -0.15) is 0 Å². The minimum absolute atomic E-state index is 0.0417. The number of allylic oxidation sites excluding steroid dienone is 2. The van der Waals surface area contributed by atoms with Gasteiger partial charge in [-0.1, -0.05) is 6.08 Å². The molecular formula is C7H9NO3. The molecule has 0 amide bonds. The van der Waals surface area contributed by atoms with Crippen LogP contribution in [0.2, 0.25) is 0 Å². The number of carboxylic acids is 1. The first-order valence-electron chi connectivity index (χ1n) is 3.00. The lowest BCUT2D eigenvalue weighted by Gasteiger charge is -1.91. The second kappa shape index (κ2) is 4.38. The van der Waals surface area contributed by atoms with Crippen LogP contribution in [-0.4, -0.2) is 29.6 Å². The molecule has 0 bridgehead atoms. The van der Waals surface area contributed by atoms with Gasteiger partial charge in [-0.05, 0) is 13.0 Å². The van der Waals surface area contributed by atoms with E-state index in [9.17, 15) is 9.59 Å². The van der Waals surface area contributed by atoms with Crippen molar-refractivity contribution in [2.75, 3.05) is 7.05 Å². The number of carbonyl (C=O) groups is 2. The number of ketones is 1. The fourth-order valence-corrected chi connectivity index (χ4v) is 0.519. The van der Waals surface area contributed by atoms with Crippen LogP contribution >= 0.6 is 0 Å². The molecule has 0 saturated carbocycles. The van der Waals surface area contributed by atoms with Crippen LogP contribution in [0.4, 0.5) is 0 Å². The molecule has 0 fully saturated rings. The highest BCUT2D eigenvalue weighted by molar-refractivity contribution is 6.65. The van der Waals surface area contributed by atoms with E-state index in [2.05, 4.69) is 4.99 Å². The van der Waals surface area contributed by atoms with Crippen molar-refractivity contribution in [1.82, 2.24) is 0 Å². The van der Waals surface area contributed by atoms with Crippen molar-refractivity contribution in [2.45, 2.75) is 6.92 Å². The first-order valence-corrected chi connectivity index (χ1v) is 3.00. The summed E-state index contributed by atoms with van der Waals surface area (Å²) in [5.74, 6) is -2.46. The number of rotatable bonds is 3. The Morgan fingerprint density at radius 1 is 1.45 bits per heavy atom. The minimum atomic E-state index is -1.48. The number of carbonyl (C=O) groups excluding carboxylic acids is 1. The lowest BCUT2D eigenvalue weighted by molar-refractivity contribution is -0.145. The number of aliphatic imine (C=N–C) groups is 1. The van der Waals surface area contributed by atoms with Gasteiger partial charge in [0, 0.05) is 7.05 Å². The van der Waals surface area contributed by atoms with Gasteiger partial charge < -0.3 is 5.11 Å². The summed E-state index contributed by atoms with van der Waals surface area (Å²) in [5, 5.41) is 8.25. The van der Waals surface area contributed by atoms with Crippen LogP contribution in [0, 0.1) is 0 Å². The Bertz CT molecular complexity index is 228. The molecule has 0 unspecified atom stereocenters. The number of hydrogen-bond acceptors (Lipinski definition) is 3. The highest BCUT2D eigenvalue weighted by Gasteiger charge is 2.15. The van der Waals surface area contributed by atoms with Crippen molar-refractivity contribution in [3.05, 3.63) is 12.2 Å². The fourth-order valence-electron chi connectivity index (χ4n) is 0.519. The maximum Gasteiger partial charge on any atom is 0.378 e. The second-order valence-electron chi connectivity index (χ2n) is 1.74. The average Bonchev–Trinajstić information content (AvgIpc) is 1.98. The molecule has 0 aromatic rings. The van der Waals surface area contributed by atoms with Crippen molar-refractivity contribution in [3.63, 3.8) is 0 Å². The first kappa shape index (κ1) is 9.55. The SMILES string of the molecule is CC=CC(=NC)C(=O)C(=O)O.